The highest BCUT2D eigenvalue weighted by atomic mass is 19.1. The van der Waals surface area contributed by atoms with Crippen LogP contribution in [-0.2, 0) is 11.8 Å². The maximum Gasteiger partial charge on any atom is 0.320 e. The molecule has 4 heterocycles. The Labute approximate surface area is 154 Å². The van der Waals surface area contributed by atoms with Gasteiger partial charge < -0.3 is 14.6 Å². The zero-order valence-corrected chi connectivity index (χ0v) is 14.5. The van der Waals surface area contributed by atoms with E-state index in [4.69, 9.17) is 4.74 Å². The highest BCUT2D eigenvalue weighted by Gasteiger charge is 2.33. The fourth-order valence-corrected chi connectivity index (χ4v) is 2.99. The first-order chi connectivity index (χ1) is 13.1. The number of carbonyl (C=O) groups excluding carboxylic acids is 1. The van der Waals surface area contributed by atoms with Gasteiger partial charge in [0.15, 0.2) is 11.6 Å². The average molecular weight is 371 g/mol. The van der Waals surface area contributed by atoms with Gasteiger partial charge in [0, 0.05) is 38.3 Å². The molecule has 4 rings (SSSR count). The van der Waals surface area contributed by atoms with Gasteiger partial charge in [-0.25, -0.2) is 23.8 Å². The predicted molar refractivity (Wildman–Crippen MR) is 93.8 cm³/mol. The van der Waals surface area contributed by atoms with E-state index in [9.17, 15) is 9.18 Å². The summed E-state index contributed by atoms with van der Waals surface area (Å²) in [6.07, 6.45) is 6.67. The minimum absolute atomic E-state index is 0.188. The summed E-state index contributed by atoms with van der Waals surface area (Å²) in [5, 5.41) is 9.81. The number of aryl methyl sites for hydroxylation is 1. The topological polar surface area (TPSA) is 98.9 Å². The number of ether oxygens (including phenoxy) is 1. The van der Waals surface area contributed by atoms with Gasteiger partial charge in [0.1, 0.15) is 17.7 Å². The highest BCUT2D eigenvalue weighted by Crippen LogP contribution is 2.27. The van der Waals surface area contributed by atoms with Gasteiger partial charge in [0.25, 0.3) is 0 Å². The molecule has 0 spiro atoms. The molecule has 1 fully saturated rings. The van der Waals surface area contributed by atoms with E-state index in [2.05, 4.69) is 25.7 Å². The van der Waals surface area contributed by atoms with Crippen LogP contribution in [0.3, 0.4) is 0 Å². The van der Waals surface area contributed by atoms with E-state index in [1.807, 2.05) is 17.8 Å². The number of hydrogen-bond acceptors (Lipinski definition) is 5. The third-order valence-corrected chi connectivity index (χ3v) is 4.30. The first-order valence-corrected chi connectivity index (χ1v) is 8.44. The molecule has 3 aromatic heterocycles. The van der Waals surface area contributed by atoms with Crippen LogP contribution in [0.2, 0.25) is 0 Å². The number of nitrogens with zero attached hydrogens (tertiary/aromatic N) is 5. The molecule has 1 aliphatic rings. The first kappa shape index (κ1) is 17.2. The summed E-state index contributed by atoms with van der Waals surface area (Å²) in [6.45, 7) is 0.549. The Morgan fingerprint density at radius 1 is 1.30 bits per heavy atom. The SMILES string of the molecule is Cn1ccnc1[C@@H]1OCC[C@H]1NC(=O)Nc1ccn(-c2ccc(F)cn2)n1. The number of amides is 2. The second-order valence-electron chi connectivity index (χ2n) is 6.16. The first-order valence-electron chi connectivity index (χ1n) is 8.44. The van der Waals surface area contributed by atoms with Crippen molar-refractivity contribution in [1.82, 2.24) is 29.6 Å². The van der Waals surface area contributed by atoms with Crippen LogP contribution in [0.1, 0.15) is 18.3 Å². The van der Waals surface area contributed by atoms with Crippen molar-refractivity contribution in [2.24, 2.45) is 7.05 Å². The second-order valence-corrected chi connectivity index (χ2v) is 6.16. The molecule has 27 heavy (non-hydrogen) atoms. The summed E-state index contributed by atoms with van der Waals surface area (Å²) < 4.78 is 22.0. The van der Waals surface area contributed by atoms with Crippen LogP contribution in [0.25, 0.3) is 5.82 Å². The summed E-state index contributed by atoms with van der Waals surface area (Å²) in [5.74, 6) is 1.14. The van der Waals surface area contributed by atoms with Crippen LogP contribution >= 0.6 is 0 Å². The lowest BCUT2D eigenvalue weighted by molar-refractivity contribution is 0.0913. The lowest BCUT2D eigenvalue weighted by Gasteiger charge is -2.19. The number of rotatable bonds is 4. The molecule has 10 heteroatoms. The van der Waals surface area contributed by atoms with Crippen molar-refractivity contribution in [3.8, 4) is 5.82 Å². The van der Waals surface area contributed by atoms with Crippen LogP contribution in [-0.4, -0.2) is 43.0 Å². The summed E-state index contributed by atoms with van der Waals surface area (Å²) in [7, 11) is 1.89. The molecule has 2 N–H and O–H groups in total. The van der Waals surface area contributed by atoms with E-state index in [0.29, 0.717) is 24.7 Å². The quantitative estimate of drug-likeness (QED) is 0.729. The lowest BCUT2D eigenvalue weighted by atomic mass is 10.1. The van der Waals surface area contributed by atoms with Gasteiger partial charge in [0.05, 0.1) is 12.2 Å². The van der Waals surface area contributed by atoms with E-state index >= 15 is 0 Å². The number of halogens is 1. The Hall–Kier alpha value is -3.27. The molecule has 0 aliphatic carbocycles. The predicted octanol–water partition coefficient (Wildman–Crippen LogP) is 1.79. The van der Waals surface area contributed by atoms with E-state index in [1.54, 1.807) is 18.5 Å². The van der Waals surface area contributed by atoms with E-state index < -0.39 is 5.82 Å². The maximum atomic E-state index is 13.0. The minimum atomic E-state index is -0.426. The summed E-state index contributed by atoms with van der Waals surface area (Å²) in [6, 6.07) is 3.85. The molecule has 9 nitrogen and oxygen atoms in total. The standard InChI is InChI=1S/C17H18FN7O2/c1-24-8-6-19-16(24)15-12(5-9-27-15)21-17(26)22-13-4-7-25(23-13)14-3-2-11(18)10-20-14/h2-4,6-8,10,12,15H,5,9H2,1H3,(H2,21,22,23,26)/t12-,15-/m1/s1. The molecule has 0 saturated carbocycles. The van der Waals surface area contributed by atoms with Gasteiger partial charge in [-0.1, -0.05) is 0 Å². The number of imidazole rings is 1. The molecule has 0 aromatic carbocycles. The Kier molecular flexibility index (Phi) is 4.55. The Bertz CT molecular complexity index is 937. The largest absolute Gasteiger partial charge is 0.368 e. The number of pyridine rings is 1. The molecular formula is C17H18FN7O2. The molecule has 3 aromatic rings. The Morgan fingerprint density at radius 3 is 2.93 bits per heavy atom. The van der Waals surface area contributed by atoms with Gasteiger partial charge in [-0.2, -0.15) is 0 Å². The average Bonchev–Trinajstić information content (AvgIpc) is 3.37. The van der Waals surface area contributed by atoms with Gasteiger partial charge in [0.2, 0.25) is 0 Å². The second kappa shape index (κ2) is 7.16. The monoisotopic (exact) mass is 371 g/mol. The fraction of sp³-hybridized carbons (Fsp3) is 0.294. The molecule has 0 unspecified atom stereocenters. The third-order valence-electron chi connectivity index (χ3n) is 4.30. The summed E-state index contributed by atoms with van der Waals surface area (Å²) in [4.78, 5) is 20.6. The molecule has 140 valence electrons. The van der Waals surface area contributed by atoms with Gasteiger partial charge in [-0.05, 0) is 18.6 Å². The van der Waals surface area contributed by atoms with E-state index in [-0.39, 0.29) is 18.2 Å². The van der Waals surface area contributed by atoms with Crippen LogP contribution in [0.15, 0.2) is 43.0 Å². The Balaban J connectivity index is 1.39. The zero-order chi connectivity index (χ0) is 18.8. The number of anilines is 1. The summed E-state index contributed by atoms with van der Waals surface area (Å²) in [5.41, 5.74) is 0. The third kappa shape index (κ3) is 3.65. The molecule has 0 bridgehead atoms. The van der Waals surface area contributed by atoms with Crippen molar-refractivity contribution in [2.75, 3.05) is 11.9 Å². The van der Waals surface area contributed by atoms with Crippen LogP contribution in [0, 0.1) is 5.82 Å². The molecular weight excluding hydrogens is 353 g/mol. The number of hydrogen-bond donors (Lipinski definition) is 2. The van der Waals surface area contributed by atoms with Crippen LogP contribution < -0.4 is 10.6 Å². The van der Waals surface area contributed by atoms with Crippen LogP contribution in [0.4, 0.5) is 15.0 Å². The van der Waals surface area contributed by atoms with Gasteiger partial charge >= 0.3 is 6.03 Å². The van der Waals surface area contributed by atoms with E-state index in [1.165, 1.54) is 16.8 Å². The number of urea groups is 1. The number of carbonyl (C=O) groups is 1. The van der Waals surface area contributed by atoms with Gasteiger partial charge in [-0.15, -0.1) is 5.10 Å². The highest BCUT2D eigenvalue weighted by molar-refractivity contribution is 5.88. The molecule has 1 saturated heterocycles. The van der Waals surface area contributed by atoms with Crippen molar-refractivity contribution in [3.05, 3.63) is 54.6 Å². The number of aromatic nitrogens is 5. The normalized spacial score (nSPS) is 19.2. The fourth-order valence-electron chi connectivity index (χ4n) is 2.99. The van der Waals surface area contributed by atoms with Crippen molar-refractivity contribution >= 4 is 11.8 Å². The zero-order valence-electron chi connectivity index (χ0n) is 14.5. The smallest absolute Gasteiger partial charge is 0.320 e. The maximum absolute atomic E-state index is 13.0. The van der Waals surface area contributed by atoms with E-state index in [0.717, 1.165) is 12.0 Å². The van der Waals surface area contributed by atoms with Crippen LogP contribution in [0.5, 0.6) is 0 Å². The number of nitrogens with one attached hydrogen (secondary N) is 2. The Morgan fingerprint density at radius 2 is 2.19 bits per heavy atom. The van der Waals surface area contributed by atoms with Gasteiger partial charge in [-0.3, -0.25) is 5.32 Å². The van der Waals surface area contributed by atoms with Crippen molar-refractivity contribution in [2.45, 2.75) is 18.6 Å². The van der Waals surface area contributed by atoms with Crippen molar-refractivity contribution < 1.29 is 13.9 Å². The van der Waals surface area contributed by atoms with Crippen molar-refractivity contribution in [3.63, 3.8) is 0 Å². The minimum Gasteiger partial charge on any atom is -0.368 e. The molecule has 2 atom stereocenters. The van der Waals surface area contributed by atoms with Crippen molar-refractivity contribution in [1.29, 1.82) is 0 Å². The lowest BCUT2D eigenvalue weighted by Crippen LogP contribution is -2.40. The molecule has 0 radical (unpaired) electrons. The molecule has 1 aliphatic heterocycles. The molecule has 2 amide bonds. The summed E-state index contributed by atoms with van der Waals surface area (Å²) >= 11 is 0.